The smallest absolute Gasteiger partial charge is 0.387 e. The molecular weight excluding hydrogens is 316 g/mol. The number of hydrogen-bond acceptors (Lipinski definition) is 4. The van der Waals surface area contributed by atoms with E-state index in [1.165, 1.54) is 43.1 Å². The average Bonchev–Trinajstić information content (AvgIpc) is 2.43. The molecule has 0 aliphatic heterocycles. The molecule has 0 saturated heterocycles. The van der Waals surface area contributed by atoms with Gasteiger partial charge in [-0.15, -0.1) is 0 Å². The van der Waals surface area contributed by atoms with E-state index < -0.39 is 33.6 Å². The summed E-state index contributed by atoms with van der Waals surface area (Å²) < 4.78 is 51.4. The van der Waals surface area contributed by atoms with Crippen LogP contribution in [-0.2, 0) is 9.84 Å². The van der Waals surface area contributed by atoms with Crippen LogP contribution in [0.1, 0.15) is 24.2 Å². The standard InChI is InChI=1S/C14H19F2NO4S/c1-9(10(2)22(4,19)20)17(3)13(18)11-5-7-12(8-6-11)21-14(15)16/h5-10,14H,1-4H3. The van der Waals surface area contributed by atoms with E-state index in [-0.39, 0.29) is 11.3 Å². The zero-order chi connectivity index (χ0) is 17.1. The Hall–Kier alpha value is -1.70. The highest BCUT2D eigenvalue weighted by atomic mass is 32.2. The number of alkyl halides is 2. The highest BCUT2D eigenvalue weighted by molar-refractivity contribution is 7.91. The first-order valence-corrected chi connectivity index (χ1v) is 8.50. The van der Waals surface area contributed by atoms with Crippen LogP contribution in [0.5, 0.6) is 5.75 Å². The Morgan fingerprint density at radius 2 is 1.68 bits per heavy atom. The van der Waals surface area contributed by atoms with Gasteiger partial charge in [0.05, 0.1) is 5.25 Å². The second-order valence-corrected chi connectivity index (χ2v) is 7.50. The van der Waals surface area contributed by atoms with Crippen LogP contribution in [0.3, 0.4) is 0 Å². The summed E-state index contributed by atoms with van der Waals surface area (Å²) in [7, 11) is -1.78. The lowest BCUT2D eigenvalue weighted by atomic mass is 10.1. The number of sulfone groups is 1. The first kappa shape index (κ1) is 18.3. The van der Waals surface area contributed by atoms with E-state index in [2.05, 4.69) is 4.74 Å². The number of carbonyl (C=O) groups excluding carboxylic acids is 1. The zero-order valence-electron chi connectivity index (χ0n) is 12.8. The third kappa shape index (κ3) is 4.66. The molecule has 0 heterocycles. The lowest BCUT2D eigenvalue weighted by Gasteiger charge is -2.29. The van der Waals surface area contributed by atoms with Crippen LogP contribution in [0, 0.1) is 0 Å². The lowest BCUT2D eigenvalue weighted by Crippen LogP contribution is -2.44. The third-order valence-corrected chi connectivity index (χ3v) is 5.36. The van der Waals surface area contributed by atoms with Crippen molar-refractivity contribution in [2.45, 2.75) is 31.8 Å². The third-order valence-electron chi connectivity index (χ3n) is 3.61. The van der Waals surface area contributed by atoms with Crippen LogP contribution < -0.4 is 4.74 Å². The van der Waals surface area contributed by atoms with Crippen LogP contribution in [0.25, 0.3) is 0 Å². The van der Waals surface area contributed by atoms with Crippen molar-refractivity contribution in [3.05, 3.63) is 29.8 Å². The molecule has 22 heavy (non-hydrogen) atoms. The van der Waals surface area contributed by atoms with Gasteiger partial charge >= 0.3 is 6.61 Å². The topological polar surface area (TPSA) is 63.7 Å². The minimum absolute atomic E-state index is 0.0493. The molecular formula is C14H19F2NO4S. The maximum atomic E-state index is 12.3. The van der Waals surface area contributed by atoms with E-state index in [4.69, 9.17) is 0 Å². The van der Waals surface area contributed by atoms with E-state index in [0.717, 1.165) is 6.26 Å². The number of carbonyl (C=O) groups is 1. The number of ether oxygens (including phenoxy) is 1. The van der Waals surface area contributed by atoms with E-state index in [1.807, 2.05) is 0 Å². The molecule has 1 aromatic carbocycles. The van der Waals surface area contributed by atoms with Crippen molar-refractivity contribution >= 4 is 15.7 Å². The minimum atomic E-state index is -3.28. The number of nitrogens with zero attached hydrogens (tertiary/aromatic N) is 1. The second-order valence-electron chi connectivity index (χ2n) is 5.09. The van der Waals surface area contributed by atoms with Gasteiger partial charge in [-0.2, -0.15) is 8.78 Å². The fourth-order valence-electron chi connectivity index (χ4n) is 1.84. The Labute approximate surface area is 128 Å². The van der Waals surface area contributed by atoms with E-state index >= 15 is 0 Å². The highest BCUT2D eigenvalue weighted by Crippen LogP contribution is 2.18. The first-order valence-electron chi connectivity index (χ1n) is 6.55. The number of halogens is 2. The molecule has 2 unspecified atom stereocenters. The van der Waals surface area contributed by atoms with Crippen molar-refractivity contribution in [2.24, 2.45) is 0 Å². The minimum Gasteiger partial charge on any atom is -0.435 e. The van der Waals surface area contributed by atoms with Gasteiger partial charge in [0, 0.05) is 24.9 Å². The van der Waals surface area contributed by atoms with Crippen molar-refractivity contribution in [1.29, 1.82) is 0 Å². The molecule has 0 aliphatic rings. The van der Waals surface area contributed by atoms with Crippen molar-refractivity contribution in [1.82, 2.24) is 4.90 Å². The summed E-state index contributed by atoms with van der Waals surface area (Å²) in [5.41, 5.74) is 0.261. The average molecular weight is 335 g/mol. The molecule has 0 aliphatic carbocycles. The molecule has 0 bridgehead atoms. The lowest BCUT2D eigenvalue weighted by molar-refractivity contribution is -0.0498. The Kier molecular flexibility index (Phi) is 5.87. The van der Waals surface area contributed by atoms with Gasteiger partial charge in [0.1, 0.15) is 5.75 Å². The van der Waals surface area contributed by atoms with Crippen LogP contribution in [-0.4, -0.2) is 50.4 Å². The molecule has 124 valence electrons. The van der Waals surface area contributed by atoms with Gasteiger partial charge in [-0.3, -0.25) is 4.79 Å². The summed E-state index contributed by atoms with van der Waals surface area (Å²) in [6.45, 7) is 0.237. The molecule has 2 atom stereocenters. The van der Waals surface area contributed by atoms with Crippen LogP contribution in [0.2, 0.25) is 0 Å². The SMILES string of the molecule is CC(C(C)S(C)(=O)=O)N(C)C(=O)c1ccc(OC(F)F)cc1. The van der Waals surface area contributed by atoms with Gasteiger partial charge in [-0.05, 0) is 38.1 Å². The fourth-order valence-corrected chi connectivity index (χ4v) is 2.74. The van der Waals surface area contributed by atoms with Crippen molar-refractivity contribution in [3.63, 3.8) is 0 Å². The van der Waals surface area contributed by atoms with Gasteiger partial charge in [-0.25, -0.2) is 8.42 Å². The summed E-state index contributed by atoms with van der Waals surface area (Å²) in [6, 6.07) is 4.71. The van der Waals surface area contributed by atoms with Gasteiger partial charge in [-0.1, -0.05) is 0 Å². The monoisotopic (exact) mass is 335 g/mol. The van der Waals surface area contributed by atoms with Gasteiger partial charge < -0.3 is 9.64 Å². The maximum absolute atomic E-state index is 12.3. The number of rotatable bonds is 6. The Bertz CT molecular complexity index is 616. The first-order chi connectivity index (χ1) is 10.0. The molecule has 0 spiro atoms. The van der Waals surface area contributed by atoms with E-state index in [0.29, 0.717) is 0 Å². The maximum Gasteiger partial charge on any atom is 0.387 e. The van der Waals surface area contributed by atoms with Crippen molar-refractivity contribution in [3.8, 4) is 5.75 Å². The number of amides is 1. The summed E-state index contributed by atoms with van der Waals surface area (Å²) in [4.78, 5) is 13.6. The van der Waals surface area contributed by atoms with Gasteiger partial charge in [0.15, 0.2) is 9.84 Å². The molecule has 8 heteroatoms. The summed E-state index contributed by atoms with van der Waals surface area (Å²) in [5.74, 6) is -0.446. The summed E-state index contributed by atoms with van der Waals surface area (Å²) in [5, 5.41) is -0.720. The summed E-state index contributed by atoms with van der Waals surface area (Å²) >= 11 is 0. The molecule has 0 fully saturated rings. The highest BCUT2D eigenvalue weighted by Gasteiger charge is 2.28. The fraction of sp³-hybridized carbons (Fsp3) is 0.500. The predicted octanol–water partition coefficient (Wildman–Crippen LogP) is 2.18. The predicted molar refractivity (Wildman–Crippen MR) is 78.9 cm³/mol. The van der Waals surface area contributed by atoms with Gasteiger partial charge in [0.2, 0.25) is 0 Å². The van der Waals surface area contributed by atoms with Crippen molar-refractivity contribution in [2.75, 3.05) is 13.3 Å². The quantitative estimate of drug-likeness (QED) is 0.799. The van der Waals surface area contributed by atoms with Crippen molar-refractivity contribution < 1.29 is 26.7 Å². The molecule has 5 nitrogen and oxygen atoms in total. The zero-order valence-corrected chi connectivity index (χ0v) is 13.6. The Morgan fingerprint density at radius 1 is 1.18 bits per heavy atom. The Morgan fingerprint density at radius 3 is 2.09 bits per heavy atom. The van der Waals surface area contributed by atoms with E-state index in [1.54, 1.807) is 6.92 Å². The number of benzene rings is 1. The largest absolute Gasteiger partial charge is 0.435 e. The van der Waals surface area contributed by atoms with Gasteiger partial charge in [0.25, 0.3) is 5.91 Å². The molecule has 0 radical (unpaired) electrons. The van der Waals surface area contributed by atoms with Crippen LogP contribution in [0.15, 0.2) is 24.3 Å². The molecule has 0 aromatic heterocycles. The number of hydrogen-bond donors (Lipinski definition) is 0. The Balaban J connectivity index is 2.86. The normalized spacial score (nSPS) is 14.5. The molecule has 0 saturated carbocycles. The van der Waals surface area contributed by atoms with Crippen LogP contribution >= 0.6 is 0 Å². The molecule has 1 amide bonds. The summed E-state index contributed by atoms with van der Waals surface area (Å²) in [6.07, 6.45) is 1.11. The molecule has 1 rings (SSSR count). The molecule has 0 N–H and O–H groups in total. The van der Waals surface area contributed by atoms with E-state index in [9.17, 15) is 22.0 Å². The second kappa shape index (κ2) is 7.04. The molecule has 1 aromatic rings. The van der Waals surface area contributed by atoms with Crippen LogP contribution in [0.4, 0.5) is 8.78 Å².